The molecule has 26 heavy (non-hydrogen) atoms. The van der Waals surface area contributed by atoms with E-state index in [-0.39, 0.29) is 29.2 Å². The van der Waals surface area contributed by atoms with Gasteiger partial charge in [0.25, 0.3) is 0 Å². The van der Waals surface area contributed by atoms with E-state index in [0.717, 1.165) is 18.5 Å². The van der Waals surface area contributed by atoms with Crippen molar-refractivity contribution < 1.29 is 23.1 Å². The third kappa shape index (κ3) is 5.51. The highest BCUT2D eigenvalue weighted by molar-refractivity contribution is 8.00. The number of carboxylic acid groups (broad SMARTS) is 1. The second kappa shape index (κ2) is 7.40. The summed E-state index contributed by atoms with van der Waals surface area (Å²) < 4.78 is 37.6. The van der Waals surface area contributed by atoms with Crippen LogP contribution in [-0.2, 0) is 4.79 Å². The van der Waals surface area contributed by atoms with Crippen molar-refractivity contribution in [2.75, 3.05) is 17.2 Å². The summed E-state index contributed by atoms with van der Waals surface area (Å²) in [6, 6.07) is 7.63. The van der Waals surface area contributed by atoms with Crippen molar-refractivity contribution in [1.82, 2.24) is 9.97 Å². The molecule has 138 valence electrons. The second-order valence-corrected chi connectivity index (χ2v) is 6.86. The van der Waals surface area contributed by atoms with Crippen molar-refractivity contribution in [3.8, 4) is 0 Å². The molecule has 0 unspecified atom stereocenters. The number of aromatic nitrogens is 2. The van der Waals surface area contributed by atoms with E-state index in [1.165, 1.54) is 18.2 Å². The van der Waals surface area contributed by atoms with Gasteiger partial charge in [0.1, 0.15) is 12.4 Å². The van der Waals surface area contributed by atoms with E-state index >= 15 is 0 Å². The zero-order valence-electron chi connectivity index (χ0n) is 13.4. The number of nitrogens with zero attached hydrogens (tertiary/aromatic N) is 2. The fraction of sp³-hybridized carbons (Fsp3) is 0.312. The molecule has 2 aromatic rings. The van der Waals surface area contributed by atoms with E-state index in [0.29, 0.717) is 17.4 Å². The summed E-state index contributed by atoms with van der Waals surface area (Å²) in [4.78, 5) is 19.2. The molecule has 10 heteroatoms. The lowest BCUT2D eigenvalue weighted by molar-refractivity contribution is -0.134. The van der Waals surface area contributed by atoms with E-state index in [1.807, 2.05) is 0 Å². The fourth-order valence-corrected chi connectivity index (χ4v) is 2.87. The van der Waals surface area contributed by atoms with Crippen LogP contribution in [-0.4, -0.2) is 33.1 Å². The molecule has 0 bridgehead atoms. The van der Waals surface area contributed by atoms with Crippen LogP contribution in [0.15, 0.2) is 35.2 Å². The Morgan fingerprint density at radius 1 is 1.27 bits per heavy atom. The minimum absolute atomic E-state index is 0.0585. The van der Waals surface area contributed by atoms with E-state index in [2.05, 4.69) is 20.6 Å². The van der Waals surface area contributed by atoms with Gasteiger partial charge in [0.2, 0.25) is 5.95 Å². The van der Waals surface area contributed by atoms with Gasteiger partial charge in [0.05, 0.1) is 5.69 Å². The van der Waals surface area contributed by atoms with Gasteiger partial charge in [0, 0.05) is 22.6 Å². The molecule has 0 radical (unpaired) electrons. The van der Waals surface area contributed by atoms with Gasteiger partial charge in [-0.25, -0.2) is 4.98 Å². The molecular formula is C16H15F3N4O2S. The molecule has 1 fully saturated rings. The number of alkyl halides is 3. The summed E-state index contributed by atoms with van der Waals surface area (Å²) in [6.07, 6.45) is 1.99. The first kappa shape index (κ1) is 18.3. The molecule has 3 N–H and O–H groups in total. The number of hydrogen-bond donors (Lipinski definition) is 3. The minimum atomic E-state index is -4.36. The van der Waals surface area contributed by atoms with Crippen LogP contribution in [0.1, 0.15) is 24.5 Å². The Morgan fingerprint density at radius 3 is 2.69 bits per heavy atom. The molecule has 1 heterocycles. The number of rotatable bonds is 7. The smallest absolute Gasteiger partial charge is 0.446 e. The van der Waals surface area contributed by atoms with Crippen LogP contribution in [0.4, 0.5) is 30.6 Å². The Balaban J connectivity index is 1.80. The van der Waals surface area contributed by atoms with Crippen molar-refractivity contribution in [2.24, 2.45) is 0 Å². The summed E-state index contributed by atoms with van der Waals surface area (Å²) in [5.41, 5.74) is -3.14. The molecule has 0 aliphatic heterocycles. The lowest BCUT2D eigenvalue weighted by Crippen LogP contribution is -2.15. The number of carboxylic acids is 1. The van der Waals surface area contributed by atoms with Gasteiger partial charge in [-0.15, -0.1) is 0 Å². The average molecular weight is 384 g/mol. The molecule has 0 atom stereocenters. The molecule has 1 saturated carbocycles. The predicted octanol–water partition coefficient (Wildman–Crippen LogP) is 4.21. The Labute approximate surface area is 151 Å². The summed E-state index contributed by atoms with van der Waals surface area (Å²) >= 11 is -0.192. The zero-order valence-corrected chi connectivity index (χ0v) is 14.2. The highest BCUT2D eigenvalue weighted by Gasteiger charge is 2.29. The number of hydrogen-bond acceptors (Lipinski definition) is 6. The van der Waals surface area contributed by atoms with Crippen molar-refractivity contribution in [1.29, 1.82) is 0 Å². The summed E-state index contributed by atoms with van der Waals surface area (Å²) in [6.45, 7) is -0.328. The van der Waals surface area contributed by atoms with Crippen LogP contribution >= 0.6 is 11.8 Å². The lowest BCUT2D eigenvalue weighted by Gasteiger charge is -2.11. The molecule has 3 rings (SSSR count). The van der Waals surface area contributed by atoms with Crippen LogP contribution in [0.5, 0.6) is 0 Å². The first-order valence-electron chi connectivity index (χ1n) is 7.76. The minimum Gasteiger partial charge on any atom is -0.480 e. The van der Waals surface area contributed by atoms with Gasteiger partial charge < -0.3 is 15.7 Å². The standard InChI is InChI=1S/C16H15F3N4O2S/c17-16(18,19)26-11-3-1-2-10(6-11)21-13-7-12(9-4-5-9)22-15(23-13)20-8-14(24)25/h1-3,6-7,9H,4-5,8H2,(H,24,25)(H2,20,21,22,23). The van der Waals surface area contributed by atoms with Crippen molar-refractivity contribution >= 4 is 35.2 Å². The number of thioether (sulfide) groups is 1. The number of halogens is 3. The highest BCUT2D eigenvalue weighted by Crippen LogP contribution is 2.40. The quantitative estimate of drug-likeness (QED) is 0.617. The molecule has 1 aliphatic rings. The maximum absolute atomic E-state index is 12.5. The van der Waals surface area contributed by atoms with Gasteiger partial charge in [-0.1, -0.05) is 6.07 Å². The van der Waals surface area contributed by atoms with Gasteiger partial charge in [0.15, 0.2) is 0 Å². The van der Waals surface area contributed by atoms with E-state index in [4.69, 9.17) is 5.11 Å². The largest absolute Gasteiger partial charge is 0.480 e. The number of carbonyl (C=O) groups is 1. The number of nitrogens with one attached hydrogen (secondary N) is 2. The van der Waals surface area contributed by atoms with E-state index in [9.17, 15) is 18.0 Å². The van der Waals surface area contributed by atoms with E-state index in [1.54, 1.807) is 12.1 Å². The number of anilines is 3. The molecule has 1 aromatic heterocycles. The average Bonchev–Trinajstić information content (AvgIpc) is 3.36. The van der Waals surface area contributed by atoms with E-state index < -0.39 is 11.5 Å². The molecule has 0 amide bonds. The molecular weight excluding hydrogens is 369 g/mol. The maximum atomic E-state index is 12.5. The van der Waals surface area contributed by atoms with Crippen molar-refractivity contribution in [3.05, 3.63) is 36.0 Å². The molecule has 1 aromatic carbocycles. The molecule has 0 spiro atoms. The van der Waals surface area contributed by atoms with Gasteiger partial charge in [-0.05, 0) is 42.8 Å². The van der Waals surface area contributed by atoms with Crippen molar-refractivity contribution in [3.63, 3.8) is 0 Å². The van der Waals surface area contributed by atoms with Gasteiger partial charge in [-0.2, -0.15) is 18.2 Å². The third-order valence-electron chi connectivity index (χ3n) is 3.48. The molecule has 6 nitrogen and oxygen atoms in total. The molecule has 0 saturated heterocycles. The van der Waals surface area contributed by atoms with Crippen LogP contribution in [0.3, 0.4) is 0 Å². The first-order chi connectivity index (χ1) is 12.3. The summed E-state index contributed by atoms with van der Waals surface area (Å²) in [5, 5.41) is 14.3. The number of benzene rings is 1. The monoisotopic (exact) mass is 384 g/mol. The van der Waals surface area contributed by atoms with Crippen LogP contribution < -0.4 is 10.6 Å². The first-order valence-corrected chi connectivity index (χ1v) is 8.57. The van der Waals surface area contributed by atoms with Crippen LogP contribution in [0.25, 0.3) is 0 Å². The Hall–Kier alpha value is -2.49. The Morgan fingerprint density at radius 2 is 2.04 bits per heavy atom. The SMILES string of the molecule is O=C(O)CNc1nc(Nc2cccc(SC(F)(F)F)c2)cc(C2CC2)n1. The second-order valence-electron chi connectivity index (χ2n) is 5.72. The summed E-state index contributed by atoms with van der Waals surface area (Å²) in [5.74, 6) is -0.183. The molecule has 1 aliphatic carbocycles. The predicted molar refractivity (Wildman–Crippen MR) is 91.8 cm³/mol. The normalized spacial score (nSPS) is 14.1. The van der Waals surface area contributed by atoms with Crippen molar-refractivity contribution in [2.45, 2.75) is 29.2 Å². The maximum Gasteiger partial charge on any atom is 0.446 e. The lowest BCUT2D eigenvalue weighted by atomic mass is 10.2. The zero-order chi connectivity index (χ0) is 18.7. The number of aliphatic carboxylic acids is 1. The topological polar surface area (TPSA) is 87.1 Å². The third-order valence-corrected chi connectivity index (χ3v) is 4.20. The van der Waals surface area contributed by atoms with Crippen LogP contribution in [0.2, 0.25) is 0 Å². The summed E-state index contributed by atoms with van der Waals surface area (Å²) in [7, 11) is 0. The van der Waals surface area contributed by atoms with Gasteiger partial charge in [-0.3, -0.25) is 4.79 Å². The fourth-order valence-electron chi connectivity index (χ4n) is 2.27. The van der Waals surface area contributed by atoms with Crippen LogP contribution in [0, 0.1) is 0 Å². The highest BCUT2D eigenvalue weighted by atomic mass is 32.2. The Kier molecular flexibility index (Phi) is 5.21. The Bertz CT molecular complexity index is 812. The van der Waals surface area contributed by atoms with Gasteiger partial charge >= 0.3 is 11.5 Å².